The molecule has 1 aliphatic rings. The zero-order valence-corrected chi connectivity index (χ0v) is 12.2. The fourth-order valence-corrected chi connectivity index (χ4v) is 4.09. The Kier molecular flexibility index (Phi) is 4.17. The summed E-state index contributed by atoms with van der Waals surface area (Å²) in [7, 11) is -1.41. The van der Waals surface area contributed by atoms with Crippen LogP contribution in [0.5, 0.6) is 0 Å². The van der Waals surface area contributed by atoms with Crippen molar-refractivity contribution in [1.82, 2.24) is 5.32 Å². The van der Waals surface area contributed by atoms with Gasteiger partial charge in [-0.05, 0) is 31.0 Å². The highest BCUT2D eigenvalue weighted by Gasteiger charge is 2.30. The first kappa shape index (κ1) is 14.6. The van der Waals surface area contributed by atoms with E-state index < -0.39 is 9.84 Å². The topological polar surface area (TPSA) is 101 Å². The number of carbonyl (C=O) groups is 1. The van der Waals surface area contributed by atoms with Gasteiger partial charge in [0.15, 0.2) is 9.84 Å². The number of nitrogens with two attached hydrogens (primary N) is 1. The second-order valence-electron chi connectivity index (χ2n) is 4.89. The third-order valence-corrected chi connectivity index (χ3v) is 5.80. The number of nitrogens with one attached hydrogen (secondary N) is 2. The molecule has 4 N–H and O–H groups in total. The molecule has 0 aromatic heterocycles. The Labute approximate surface area is 118 Å². The molecule has 20 heavy (non-hydrogen) atoms. The monoisotopic (exact) mass is 297 g/mol. The third kappa shape index (κ3) is 3.04. The number of nitrogen functional groups attached to an aromatic ring is 1. The predicted molar refractivity (Wildman–Crippen MR) is 79.5 cm³/mol. The minimum absolute atomic E-state index is 0.207. The molecular weight excluding hydrogens is 278 g/mol. The van der Waals surface area contributed by atoms with Gasteiger partial charge < -0.3 is 16.4 Å². The lowest BCUT2D eigenvalue weighted by molar-refractivity contribution is 0.0963. The fraction of sp³-hybridized carbons (Fsp3) is 0.462. The van der Waals surface area contributed by atoms with Crippen molar-refractivity contribution >= 4 is 27.1 Å². The molecule has 2 rings (SSSR count). The first-order valence-corrected chi connectivity index (χ1v) is 8.22. The Balaban J connectivity index is 2.05. The molecule has 110 valence electrons. The van der Waals surface area contributed by atoms with Gasteiger partial charge in [0.2, 0.25) is 0 Å². The molecule has 1 fully saturated rings. The van der Waals surface area contributed by atoms with Gasteiger partial charge in [-0.25, -0.2) is 8.42 Å². The van der Waals surface area contributed by atoms with Gasteiger partial charge in [0.1, 0.15) is 0 Å². The van der Waals surface area contributed by atoms with Gasteiger partial charge in [-0.15, -0.1) is 0 Å². The number of rotatable bonds is 4. The highest BCUT2D eigenvalue weighted by atomic mass is 32.2. The highest BCUT2D eigenvalue weighted by Crippen LogP contribution is 2.23. The average Bonchev–Trinajstić information content (AvgIpc) is 2.75. The van der Waals surface area contributed by atoms with Crippen LogP contribution in [0.15, 0.2) is 18.2 Å². The average molecular weight is 297 g/mol. The van der Waals surface area contributed by atoms with Gasteiger partial charge >= 0.3 is 0 Å². The van der Waals surface area contributed by atoms with E-state index in [0.717, 1.165) is 6.42 Å². The lowest BCUT2D eigenvalue weighted by Gasteiger charge is -2.14. The number of hydrogen-bond acceptors (Lipinski definition) is 5. The number of anilines is 2. The standard InChI is InChI=1S/C13H19N3O3S/c1-15-13(17)9-4-5-12(11(14)7-9)16-8-10-3-2-6-20(10,18)19/h4-5,7,10,16H,2-3,6,8,14H2,1H3,(H,15,17). The maximum absolute atomic E-state index is 11.7. The molecule has 1 heterocycles. The van der Waals surface area contributed by atoms with Crippen molar-refractivity contribution in [3.05, 3.63) is 23.8 Å². The van der Waals surface area contributed by atoms with Crippen molar-refractivity contribution in [2.24, 2.45) is 0 Å². The van der Waals surface area contributed by atoms with E-state index in [-0.39, 0.29) is 16.9 Å². The van der Waals surface area contributed by atoms with E-state index in [9.17, 15) is 13.2 Å². The van der Waals surface area contributed by atoms with Crippen LogP contribution in [0.2, 0.25) is 0 Å². The quantitative estimate of drug-likeness (QED) is 0.707. The number of sulfone groups is 1. The van der Waals surface area contributed by atoms with Crippen LogP contribution in [0.4, 0.5) is 11.4 Å². The second kappa shape index (κ2) is 5.70. The molecule has 1 saturated heterocycles. The van der Waals surface area contributed by atoms with Crippen LogP contribution in [0, 0.1) is 0 Å². The van der Waals surface area contributed by atoms with Crippen LogP contribution in [-0.4, -0.2) is 38.9 Å². The van der Waals surface area contributed by atoms with Gasteiger partial charge in [0.05, 0.1) is 22.4 Å². The predicted octanol–water partition coefficient (Wildman–Crippen LogP) is 0.618. The summed E-state index contributed by atoms with van der Waals surface area (Å²) in [6.45, 7) is 0.353. The number of carbonyl (C=O) groups excluding carboxylic acids is 1. The first-order valence-electron chi connectivity index (χ1n) is 6.51. The summed E-state index contributed by atoms with van der Waals surface area (Å²) in [5.41, 5.74) is 7.43. The van der Waals surface area contributed by atoms with Gasteiger partial charge in [-0.2, -0.15) is 0 Å². The Bertz CT molecular complexity index is 613. The van der Waals surface area contributed by atoms with Crippen LogP contribution in [0.1, 0.15) is 23.2 Å². The number of benzene rings is 1. The summed E-state index contributed by atoms with van der Waals surface area (Å²) < 4.78 is 23.5. The molecule has 0 saturated carbocycles. The Morgan fingerprint density at radius 3 is 2.75 bits per heavy atom. The Hall–Kier alpha value is -1.76. The maximum Gasteiger partial charge on any atom is 0.251 e. The molecular formula is C13H19N3O3S. The minimum Gasteiger partial charge on any atom is -0.397 e. The summed E-state index contributed by atoms with van der Waals surface area (Å²) in [6.07, 6.45) is 1.41. The van der Waals surface area contributed by atoms with Crippen LogP contribution in [0.3, 0.4) is 0 Å². The summed E-state index contributed by atoms with van der Waals surface area (Å²) in [5, 5.41) is 5.23. The smallest absolute Gasteiger partial charge is 0.251 e. The summed E-state index contributed by atoms with van der Waals surface area (Å²) in [4.78, 5) is 11.5. The lowest BCUT2D eigenvalue weighted by Crippen LogP contribution is -2.25. The zero-order valence-electron chi connectivity index (χ0n) is 11.3. The second-order valence-corrected chi connectivity index (χ2v) is 7.29. The minimum atomic E-state index is -2.96. The lowest BCUT2D eigenvalue weighted by atomic mass is 10.1. The van der Waals surface area contributed by atoms with Crippen molar-refractivity contribution in [3.8, 4) is 0 Å². The van der Waals surface area contributed by atoms with Gasteiger partial charge in [0.25, 0.3) is 5.91 Å². The molecule has 1 amide bonds. The molecule has 0 bridgehead atoms. The largest absolute Gasteiger partial charge is 0.397 e. The molecule has 1 atom stereocenters. The molecule has 0 radical (unpaired) electrons. The van der Waals surface area contributed by atoms with Gasteiger partial charge in [0, 0.05) is 19.2 Å². The molecule has 7 heteroatoms. The summed E-state index contributed by atoms with van der Waals surface area (Å²) in [5.74, 6) is 0.0615. The van der Waals surface area contributed by atoms with Crippen LogP contribution >= 0.6 is 0 Å². The van der Waals surface area contributed by atoms with E-state index in [1.807, 2.05) is 0 Å². The zero-order chi connectivity index (χ0) is 14.8. The molecule has 1 aliphatic heterocycles. The first-order chi connectivity index (χ1) is 9.44. The van der Waals surface area contributed by atoms with Crippen LogP contribution in [-0.2, 0) is 9.84 Å². The Morgan fingerprint density at radius 1 is 1.45 bits per heavy atom. The van der Waals surface area contributed by atoms with Crippen molar-refractivity contribution in [2.75, 3.05) is 30.4 Å². The molecule has 1 aromatic rings. The van der Waals surface area contributed by atoms with Gasteiger partial charge in [-0.1, -0.05) is 0 Å². The maximum atomic E-state index is 11.7. The SMILES string of the molecule is CNC(=O)c1ccc(NCC2CCCS2(=O)=O)c(N)c1. The number of hydrogen-bond donors (Lipinski definition) is 3. The van der Waals surface area contributed by atoms with E-state index in [1.54, 1.807) is 25.2 Å². The van der Waals surface area contributed by atoms with E-state index in [0.29, 0.717) is 29.9 Å². The molecule has 0 spiro atoms. The fourth-order valence-electron chi connectivity index (χ4n) is 2.32. The molecule has 1 aromatic carbocycles. The molecule has 1 unspecified atom stereocenters. The summed E-state index contributed by atoms with van der Waals surface area (Å²) in [6, 6.07) is 4.92. The van der Waals surface area contributed by atoms with Crippen molar-refractivity contribution in [2.45, 2.75) is 18.1 Å². The van der Waals surface area contributed by atoms with E-state index >= 15 is 0 Å². The van der Waals surface area contributed by atoms with Crippen molar-refractivity contribution in [1.29, 1.82) is 0 Å². The third-order valence-electron chi connectivity index (χ3n) is 3.52. The van der Waals surface area contributed by atoms with E-state index in [2.05, 4.69) is 10.6 Å². The molecule has 6 nitrogen and oxygen atoms in total. The van der Waals surface area contributed by atoms with E-state index in [1.165, 1.54) is 0 Å². The molecule has 0 aliphatic carbocycles. The van der Waals surface area contributed by atoms with Crippen LogP contribution in [0.25, 0.3) is 0 Å². The van der Waals surface area contributed by atoms with Crippen molar-refractivity contribution < 1.29 is 13.2 Å². The Morgan fingerprint density at radius 2 is 2.20 bits per heavy atom. The van der Waals surface area contributed by atoms with E-state index in [4.69, 9.17) is 5.73 Å². The number of amides is 1. The summed E-state index contributed by atoms with van der Waals surface area (Å²) >= 11 is 0. The van der Waals surface area contributed by atoms with Crippen molar-refractivity contribution in [3.63, 3.8) is 0 Å². The normalized spacial score (nSPS) is 20.6. The highest BCUT2D eigenvalue weighted by molar-refractivity contribution is 7.92. The van der Waals surface area contributed by atoms with Crippen LogP contribution < -0.4 is 16.4 Å². The van der Waals surface area contributed by atoms with Gasteiger partial charge in [-0.3, -0.25) is 4.79 Å².